The number of rotatable bonds is 4. The SMILES string of the molecule is COc1ccc(-c2csc3ncnc(Nc4cc(C)cc(C)c4)c23)cc1. The van der Waals surface area contributed by atoms with Crippen molar-refractivity contribution in [2.75, 3.05) is 12.4 Å². The van der Waals surface area contributed by atoms with Crippen molar-refractivity contribution in [1.29, 1.82) is 0 Å². The molecule has 0 bridgehead atoms. The zero-order valence-corrected chi connectivity index (χ0v) is 15.7. The molecule has 1 N–H and O–H groups in total. The number of ether oxygens (including phenoxy) is 1. The van der Waals surface area contributed by atoms with Crippen LogP contribution >= 0.6 is 11.3 Å². The van der Waals surface area contributed by atoms with Gasteiger partial charge in [0.05, 0.1) is 12.5 Å². The second kappa shape index (κ2) is 6.77. The second-order valence-corrected chi connectivity index (χ2v) is 7.14. The summed E-state index contributed by atoms with van der Waals surface area (Å²) in [4.78, 5) is 9.92. The molecular weight excluding hydrogens is 342 g/mol. The van der Waals surface area contributed by atoms with Crippen LogP contribution in [-0.4, -0.2) is 17.1 Å². The first-order valence-corrected chi connectivity index (χ1v) is 9.24. The van der Waals surface area contributed by atoms with Crippen LogP contribution in [0.5, 0.6) is 5.75 Å². The predicted molar refractivity (Wildman–Crippen MR) is 109 cm³/mol. The third-order valence-electron chi connectivity index (χ3n) is 4.26. The van der Waals surface area contributed by atoms with Crippen LogP contribution in [0, 0.1) is 13.8 Å². The van der Waals surface area contributed by atoms with Crippen LogP contribution in [0.25, 0.3) is 21.3 Å². The monoisotopic (exact) mass is 361 g/mol. The molecule has 4 rings (SSSR count). The number of methoxy groups -OCH3 is 1. The lowest BCUT2D eigenvalue weighted by Gasteiger charge is -2.10. The molecule has 0 unspecified atom stereocenters. The summed E-state index contributed by atoms with van der Waals surface area (Å²) in [6.07, 6.45) is 1.61. The Kier molecular flexibility index (Phi) is 4.31. The fourth-order valence-electron chi connectivity index (χ4n) is 3.14. The van der Waals surface area contributed by atoms with Gasteiger partial charge >= 0.3 is 0 Å². The van der Waals surface area contributed by atoms with Crippen molar-refractivity contribution >= 4 is 33.1 Å². The van der Waals surface area contributed by atoms with Crippen LogP contribution in [-0.2, 0) is 0 Å². The number of hydrogen-bond donors (Lipinski definition) is 1. The van der Waals surface area contributed by atoms with Crippen LogP contribution in [0.1, 0.15) is 11.1 Å². The highest BCUT2D eigenvalue weighted by molar-refractivity contribution is 7.17. The molecule has 5 heteroatoms. The quantitative estimate of drug-likeness (QED) is 0.504. The van der Waals surface area contributed by atoms with Crippen molar-refractivity contribution in [2.45, 2.75) is 13.8 Å². The lowest BCUT2D eigenvalue weighted by atomic mass is 10.1. The van der Waals surface area contributed by atoms with E-state index >= 15 is 0 Å². The Bertz CT molecular complexity index is 1050. The van der Waals surface area contributed by atoms with Crippen molar-refractivity contribution in [3.63, 3.8) is 0 Å². The Morgan fingerprint density at radius 1 is 0.962 bits per heavy atom. The van der Waals surface area contributed by atoms with Gasteiger partial charge in [-0.15, -0.1) is 11.3 Å². The van der Waals surface area contributed by atoms with Gasteiger partial charge in [0.25, 0.3) is 0 Å². The van der Waals surface area contributed by atoms with Gasteiger partial charge < -0.3 is 10.1 Å². The van der Waals surface area contributed by atoms with E-state index in [9.17, 15) is 0 Å². The maximum Gasteiger partial charge on any atom is 0.143 e. The van der Waals surface area contributed by atoms with Crippen molar-refractivity contribution in [3.8, 4) is 16.9 Å². The maximum absolute atomic E-state index is 5.26. The second-order valence-electron chi connectivity index (χ2n) is 6.28. The van der Waals surface area contributed by atoms with E-state index in [4.69, 9.17) is 4.74 Å². The summed E-state index contributed by atoms with van der Waals surface area (Å²) in [5.74, 6) is 1.67. The summed E-state index contributed by atoms with van der Waals surface area (Å²) in [5.41, 5.74) is 5.72. The summed E-state index contributed by atoms with van der Waals surface area (Å²) in [5, 5.41) is 6.65. The number of benzene rings is 2. The lowest BCUT2D eigenvalue weighted by Crippen LogP contribution is -1.96. The molecular formula is C21H19N3OS. The third kappa shape index (κ3) is 3.13. The fourth-order valence-corrected chi connectivity index (χ4v) is 4.05. The molecule has 130 valence electrons. The number of fused-ring (bicyclic) bond motifs is 1. The molecule has 4 aromatic rings. The summed E-state index contributed by atoms with van der Waals surface area (Å²) in [6, 6.07) is 14.5. The highest BCUT2D eigenvalue weighted by Crippen LogP contribution is 2.38. The number of anilines is 2. The maximum atomic E-state index is 5.26. The standard InChI is InChI=1S/C21H19N3OS/c1-13-8-14(2)10-16(9-13)24-20-19-18(11-26-21(19)23-12-22-20)15-4-6-17(25-3)7-5-15/h4-12H,1-3H3,(H,22,23,24). The molecule has 0 radical (unpaired) electrons. The van der Waals surface area contributed by atoms with Crippen molar-refractivity contribution in [1.82, 2.24) is 9.97 Å². The van der Waals surface area contributed by atoms with Crippen LogP contribution < -0.4 is 10.1 Å². The molecule has 26 heavy (non-hydrogen) atoms. The van der Waals surface area contributed by atoms with Gasteiger partial charge in [-0.1, -0.05) is 18.2 Å². The van der Waals surface area contributed by atoms with Gasteiger partial charge in [-0.25, -0.2) is 9.97 Å². The molecule has 2 aromatic carbocycles. The first-order chi connectivity index (χ1) is 12.6. The van der Waals surface area contributed by atoms with Gasteiger partial charge in [-0.05, 0) is 54.8 Å². The molecule has 0 saturated carbocycles. The van der Waals surface area contributed by atoms with Gasteiger partial charge in [0.2, 0.25) is 0 Å². The minimum atomic E-state index is 0.826. The van der Waals surface area contributed by atoms with Crippen LogP contribution in [0.3, 0.4) is 0 Å². The van der Waals surface area contributed by atoms with Gasteiger partial charge in [-0.3, -0.25) is 0 Å². The summed E-state index contributed by atoms with van der Waals surface area (Å²) < 4.78 is 5.26. The Labute approximate surface area is 156 Å². The number of nitrogens with zero attached hydrogens (tertiary/aromatic N) is 2. The number of nitrogens with one attached hydrogen (secondary N) is 1. The smallest absolute Gasteiger partial charge is 0.143 e. The zero-order valence-electron chi connectivity index (χ0n) is 14.9. The topological polar surface area (TPSA) is 47.0 Å². The number of hydrogen-bond acceptors (Lipinski definition) is 5. The van der Waals surface area contributed by atoms with E-state index in [2.05, 4.69) is 64.8 Å². The van der Waals surface area contributed by atoms with E-state index in [0.717, 1.165) is 38.6 Å². The third-order valence-corrected chi connectivity index (χ3v) is 5.14. The first-order valence-electron chi connectivity index (χ1n) is 8.36. The average Bonchev–Trinajstić information content (AvgIpc) is 3.06. The van der Waals surface area contributed by atoms with E-state index in [0.29, 0.717) is 0 Å². The normalized spacial score (nSPS) is 10.9. The van der Waals surface area contributed by atoms with Gasteiger partial charge in [0, 0.05) is 16.6 Å². The van der Waals surface area contributed by atoms with E-state index in [1.807, 2.05) is 12.1 Å². The molecule has 4 nitrogen and oxygen atoms in total. The largest absolute Gasteiger partial charge is 0.497 e. The average molecular weight is 361 g/mol. The fraction of sp³-hybridized carbons (Fsp3) is 0.143. The summed E-state index contributed by atoms with van der Waals surface area (Å²) in [7, 11) is 1.68. The van der Waals surface area contributed by atoms with Crippen molar-refractivity contribution in [3.05, 3.63) is 65.3 Å². The minimum absolute atomic E-state index is 0.826. The lowest BCUT2D eigenvalue weighted by molar-refractivity contribution is 0.415. The van der Waals surface area contributed by atoms with E-state index in [1.165, 1.54) is 11.1 Å². The molecule has 0 aliphatic rings. The molecule has 0 saturated heterocycles. The molecule has 0 aliphatic carbocycles. The highest BCUT2D eigenvalue weighted by atomic mass is 32.1. The number of aryl methyl sites for hydroxylation is 2. The first kappa shape index (κ1) is 16.5. The Hall–Kier alpha value is -2.92. The van der Waals surface area contributed by atoms with E-state index in [1.54, 1.807) is 24.8 Å². The molecule has 0 spiro atoms. The van der Waals surface area contributed by atoms with Crippen LogP contribution in [0.4, 0.5) is 11.5 Å². The number of aromatic nitrogens is 2. The predicted octanol–water partition coefficient (Wildman–Crippen LogP) is 5.73. The molecule has 0 atom stereocenters. The molecule has 2 heterocycles. The van der Waals surface area contributed by atoms with Gasteiger partial charge in [0.1, 0.15) is 22.7 Å². The molecule has 0 amide bonds. The van der Waals surface area contributed by atoms with E-state index in [-0.39, 0.29) is 0 Å². The summed E-state index contributed by atoms with van der Waals surface area (Å²) in [6.45, 7) is 4.20. The summed E-state index contributed by atoms with van der Waals surface area (Å²) >= 11 is 1.63. The molecule has 0 fully saturated rings. The van der Waals surface area contributed by atoms with Gasteiger partial charge in [0.15, 0.2) is 0 Å². The molecule has 2 aromatic heterocycles. The van der Waals surface area contributed by atoms with Crippen molar-refractivity contribution in [2.24, 2.45) is 0 Å². The minimum Gasteiger partial charge on any atom is -0.497 e. The molecule has 0 aliphatic heterocycles. The Morgan fingerprint density at radius 3 is 2.38 bits per heavy atom. The van der Waals surface area contributed by atoms with Crippen LogP contribution in [0.2, 0.25) is 0 Å². The Morgan fingerprint density at radius 2 is 1.69 bits per heavy atom. The van der Waals surface area contributed by atoms with Crippen molar-refractivity contribution < 1.29 is 4.74 Å². The Balaban J connectivity index is 1.81. The highest BCUT2D eigenvalue weighted by Gasteiger charge is 2.13. The van der Waals surface area contributed by atoms with E-state index < -0.39 is 0 Å². The zero-order chi connectivity index (χ0) is 18.1. The number of thiophene rings is 1. The van der Waals surface area contributed by atoms with Gasteiger partial charge in [-0.2, -0.15) is 0 Å². The van der Waals surface area contributed by atoms with Crippen LogP contribution in [0.15, 0.2) is 54.2 Å².